The van der Waals surface area contributed by atoms with Crippen LogP contribution in [0.4, 0.5) is 11.4 Å². The number of rotatable bonds is 7. The van der Waals surface area contributed by atoms with Gasteiger partial charge in [-0.2, -0.15) is 10.2 Å². The van der Waals surface area contributed by atoms with Gasteiger partial charge in [-0.05, 0) is 48.1 Å². The van der Waals surface area contributed by atoms with Crippen LogP contribution in [-0.4, -0.2) is 24.7 Å². The topological polar surface area (TPSA) is 68.9 Å². The molecule has 0 radical (unpaired) electrons. The second kappa shape index (κ2) is 9.82. The Balaban J connectivity index is 1.28. The molecule has 0 saturated carbocycles. The molecule has 2 N–H and O–H groups in total. The first kappa shape index (κ1) is 21.2. The number of nitrogens with zero attached hydrogens (tertiary/aromatic N) is 4. The molecule has 0 unspecified atom stereocenters. The molecule has 0 saturated heterocycles. The van der Waals surface area contributed by atoms with Gasteiger partial charge < -0.3 is 15.4 Å². The van der Waals surface area contributed by atoms with Crippen molar-refractivity contribution < 1.29 is 4.74 Å². The van der Waals surface area contributed by atoms with Gasteiger partial charge in [0, 0.05) is 16.2 Å². The van der Waals surface area contributed by atoms with Gasteiger partial charge in [-0.25, -0.2) is 4.68 Å². The van der Waals surface area contributed by atoms with E-state index < -0.39 is 0 Å². The van der Waals surface area contributed by atoms with Crippen LogP contribution in [0.1, 0.15) is 5.56 Å². The number of hydrogen-bond acceptors (Lipinski definition) is 4. The van der Waals surface area contributed by atoms with Crippen LogP contribution in [0.15, 0.2) is 73.3 Å². The first-order valence-corrected chi connectivity index (χ1v) is 10.5. The quantitative estimate of drug-likeness (QED) is 0.356. The van der Waals surface area contributed by atoms with Gasteiger partial charge in [0.25, 0.3) is 0 Å². The lowest BCUT2D eigenvalue weighted by molar-refractivity contribution is 0.221. The maximum atomic E-state index is 6.03. The Bertz CT molecular complexity index is 1190. The largest absolute Gasteiger partial charge is 0.471 e. The number of anilines is 2. The van der Waals surface area contributed by atoms with Gasteiger partial charge in [0.05, 0.1) is 36.5 Å². The number of ether oxygens (including phenoxy) is 1. The van der Waals surface area contributed by atoms with Crippen molar-refractivity contribution in [2.45, 2.75) is 13.3 Å². The number of benzene rings is 2. The molecule has 2 aromatic heterocycles. The van der Waals surface area contributed by atoms with Crippen molar-refractivity contribution >= 4 is 51.9 Å². The highest BCUT2D eigenvalue weighted by atomic mass is 35.5. The van der Waals surface area contributed by atoms with Gasteiger partial charge in [-0.15, -0.1) is 0 Å². The van der Waals surface area contributed by atoms with E-state index in [1.54, 1.807) is 35.4 Å². The van der Waals surface area contributed by atoms with Gasteiger partial charge in [0.15, 0.2) is 11.8 Å². The maximum absolute atomic E-state index is 6.03. The monoisotopic (exact) mass is 472 g/mol. The molecule has 0 fully saturated rings. The van der Waals surface area contributed by atoms with E-state index in [4.69, 9.17) is 40.2 Å². The van der Waals surface area contributed by atoms with Gasteiger partial charge in [0.1, 0.15) is 5.75 Å². The second-order valence-corrected chi connectivity index (χ2v) is 7.92. The molecule has 0 aliphatic heterocycles. The van der Waals surface area contributed by atoms with Crippen LogP contribution in [0, 0.1) is 0 Å². The minimum atomic E-state index is 0.248. The molecule has 0 bridgehead atoms. The SMILES string of the molecule is S=C(Nc1cnn(COc2cccc(Cl)c2)c1)Nc1cnn(Cc2cccc(Cl)c2)c1. The Morgan fingerprint density at radius 3 is 2.26 bits per heavy atom. The molecule has 0 atom stereocenters. The van der Waals surface area contributed by atoms with E-state index >= 15 is 0 Å². The van der Waals surface area contributed by atoms with Crippen molar-refractivity contribution in [3.63, 3.8) is 0 Å². The minimum Gasteiger partial charge on any atom is -0.471 e. The van der Waals surface area contributed by atoms with Crippen LogP contribution in [0.3, 0.4) is 0 Å². The maximum Gasteiger partial charge on any atom is 0.180 e. The van der Waals surface area contributed by atoms with Gasteiger partial charge in [-0.3, -0.25) is 4.68 Å². The molecule has 4 aromatic rings. The summed E-state index contributed by atoms with van der Waals surface area (Å²) in [5.41, 5.74) is 2.57. The number of hydrogen-bond donors (Lipinski definition) is 2. The smallest absolute Gasteiger partial charge is 0.180 e. The fraction of sp³-hybridized carbons (Fsp3) is 0.0952. The minimum absolute atomic E-state index is 0.248. The van der Waals surface area contributed by atoms with Crippen LogP contribution in [-0.2, 0) is 13.3 Å². The van der Waals surface area contributed by atoms with Crippen LogP contribution < -0.4 is 15.4 Å². The molecule has 10 heteroatoms. The Morgan fingerprint density at radius 2 is 1.55 bits per heavy atom. The van der Waals surface area contributed by atoms with Crippen molar-refractivity contribution in [3.8, 4) is 5.75 Å². The molecule has 4 rings (SSSR count). The van der Waals surface area contributed by atoms with E-state index in [1.807, 2.05) is 47.3 Å². The highest BCUT2D eigenvalue weighted by molar-refractivity contribution is 7.80. The lowest BCUT2D eigenvalue weighted by atomic mass is 10.2. The number of nitrogens with one attached hydrogen (secondary N) is 2. The predicted octanol–water partition coefficient (Wildman–Crippen LogP) is 5.28. The first-order chi connectivity index (χ1) is 15.0. The van der Waals surface area contributed by atoms with Crippen molar-refractivity contribution in [2.24, 2.45) is 0 Å². The van der Waals surface area contributed by atoms with Crippen molar-refractivity contribution in [1.29, 1.82) is 0 Å². The molecular formula is C21H18Cl2N6OS. The van der Waals surface area contributed by atoms with Crippen LogP contribution >= 0.6 is 35.4 Å². The molecule has 2 heterocycles. The lowest BCUT2D eigenvalue weighted by Crippen LogP contribution is -2.18. The normalized spacial score (nSPS) is 10.6. The fourth-order valence-electron chi connectivity index (χ4n) is 2.83. The Kier molecular flexibility index (Phi) is 6.71. The Morgan fingerprint density at radius 1 is 0.903 bits per heavy atom. The molecule has 0 spiro atoms. The Labute approximate surface area is 194 Å². The third-order valence-electron chi connectivity index (χ3n) is 4.18. The third kappa shape index (κ3) is 6.21. The van der Waals surface area contributed by atoms with Crippen LogP contribution in [0.5, 0.6) is 5.75 Å². The molecule has 2 aromatic carbocycles. The number of thiocarbonyl (C=S) groups is 1. The van der Waals surface area contributed by atoms with Crippen LogP contribution in [0.2, 0.25) is 10.0 Å². The van der Waals surface area contributed by atoms with Crippen molar-refractivity contribution in [2.75, 3.05) is 10.6 Å². The highest BCUT2D eigenvalue weighted by Crippen LogP contribution is 2.18. The molecule has 0 aliphatic rings. The van der Waals surface area contributed by atoms with Crippen molar-refractivity contribution in [1.82, 2.24) is 19.6 Å². The summed E-state index contributed by atoms with van der Waals surface area (Å²) in [6.07, 6.45) is 7.04. The zero-order chi connectivity index (χ0) is 21.6. The standard InChI is InChI=1S/C21H18Cl2N6OS/c22-16-4-1-3-15(7-16)11-28-12-18(9-24-28)26-21(31)27-19-10-25-29(13-19)14-30-20-6-2-5-17(23)8-20/h1-10,12-13H,11,14H2,(H2,26,27,31). The summed E-state index contributed by atoms with van der Waals surface area (Å²) in [5, 5.41) is 16.5. The summed E-state index contributed by atoms with van der Waals surface area (Å²) < 4.78 is 9.12. The Hall–Kier alpha value is -3.07. The predicted molar refractivity (Wildman–Crippen MR) is 127 cm³/mol. The fourth-order valence-corrected chi connectivity index (χ4v) is 3.46. The second-order valence-electron chi connectivity index (χ2n) is 6.63. The van der Waals surface area contributed by atoms with Gasteiger partial charge in [0.2, 0.25) is 0 Å². The van der Waals surface area contributed by atoms with E-state index in [1.165, 1.54) is 0 Å². The summed E-state index contributed by atoms with van der Waals surface area (Å²) in [5.74, 6) is 0.671. The summed E-state index contributed by atoms with van der Waals surface area (Å²) in [7, 11) is 0. The molecule has 31 heavy (non-hydrogen) atoms. The van der Waals surface area contributed by atoms with E-state index in [0.29, 0.717) is 27.5 Å². The van der Waals surface area contributed by atoms with E-state index in [9.17, 15) is 0 Å². The van der Waals surface area contributed by atoms with Gasteiger partial charge in [-0.1, -0.05) is 41.4 Å². The zero-order valence-corrected chi connectivity index (χ0v) is 18.5. The highest BCUT2D eigenvalue weighted by Gasteiger charge is 2.05. The number of halogens is 2. The molecule has 158 valence electrons. The van der Waals surface area contributed by atoms with E-state index in [0.717, 1.165) is 16.9 Å². The summed E-state index contributed by atoms with van der Waals surface area (Å²) in [6, 6.07) is 14.9. The number of aromatic nitrogens is 4. The lowest BCUT2D eigenvalue weighted by Gasteiger charge is -2.07. The third-order valence-corrected chi connectivity index (χ3v) is 4.85. The van der Waals surface area contributed by atoms with E-state index in [-0.39, 0.29) is 6.73 Å². The van der Waals surface area contributed by atoms with Gasteiger partial charge >= 0.3 is 0 Å². The zero-order valence-electron chi connectivity index (χ0n) is 16.2. The van der Waals surface area contributed by atoms with Crippen LogP contribution in [0.25, 0.3) is 0 Å². The van der Waals surface area contributed by atoms with Crippen molar-refractivity contribution in [3.05, 3.63) is 88.9 Å². The van der Waals surface area contributed by atoms with E-state index in [2.05, 4.69) is 20.8 Å². The summed E-state index contributed by atoms with van der Waals surface area (Å²) >= 11 is 17.4. The average molecular weight is 473 g/mol. The summed E-state index contributed by atoms with van der Waals surface area (Å²) in [6.45, 7) is 0.861. The molecular weight excluding hydrogens is 455 g/mol. The summed E-state index contributed by atoms with van der Waals surface area (Å²) in [4.78, 5) is 0. The molecule has 0 amide bonds. The molecule has 7 nitrogen and oxygen atoms in total. The average Bonchev–Trinajstić information content (AvgIpc) is 3.36. The molecule has 0 aliphatic carbocycles. The first-order valence-electron chi connectivity index (χ1n) is 9.29.